The monoisotopic (exact) mass is 453 g/mol. The molecule has 0 unspecified atom stereocenters. The number of nitrogens with one attached hydrogen (secondary N) is 1. The van der Waals surface area contributed by atoms with E-state index in [2.05, 4.69) is 10.3 Å². The van der Waals surface area contributed by atoms with Gasteiger partial charge < -0.3 is 14.6 Å². The molecule has 1 aliphatic rings. The van der Waals surface area contributed by atoms with Crippen LogP contribution in [0.5, 0.6) is 0 Å². The van der Waals surface area contributed by atoms with Crippen LogP contribution in [0.15, 0.2) is 83.3 Å². The van der Waals surface area contributed by atoms with Crippen LogP contribution in [0.25, 0.3) is 22.6 Å². The molecule has 2 heterocycles. The maximum atomic E-state index is 13.1. The first kappa shape index (κ1) is 21.9. The number of oxazole rings is 1. The second-order valence-corrected chi connectivity index (χ2v) is 8.77. The minimum Gasteiger partial charge on any atom is -0.436 e. The van der Waals surface area contributed by atoms with Crippen molar-refractivity contribution < 1.29 is 14.0 Å². The summed E-state index contributed by atoms with van der Waals surface area (Å²) in [7, 11) is 0. The van der Waals surface area contributed by atoms with Gasteiger partial charge in [0.25, 0.3) is 5.91 Å². The Morgan fingerprint density at radius 1 is 0.941 bits per heavy atom. The van der Waals surface area contributed by atoms with Gasteiger partial charge in [0, 0.05) is 37.2 Å². The van der Waals surface area contributed by atoms with E-state index in [1.165, 1.54) is 0 Å². The number of rotatable bonds is 6. The van der Waals surface area contributed by atoms with Crippen LogP contribution in [0.2, 0.25) is 0 Å². The van der Waals surface area contributed by atoms with Crippen molar-refractivity contribution in [2.75, 3.05) is 13.1 Å². The maximum absolute atomic E-state index is 13.1. The third-order valence-electron chi connectivity index (χ3n) is 6.36. The molecule has 1 aliphatic heterocycles. The molecule has 0 bridgehead atoms. The third-order valence-corrected chi connectivity index (χ3v) is 6.36. The molecule has 5 rings (SSSR count). The van der Waals surface area contributed by atoms with Gasteiger partial charge in [0.1, 0.15) is 5.52 Å². The van der Waals surface area contributed by atoms with Crippen LogP contribution in [0.3, 0.4) is 0 Å². The van der Waals surface area contributed by atoms with Crippen LogP contribution < -0.4 is 5.32 Å². The average Bonchev–Trinajstić information content (AvgIpc) is 3.32. The van der Waals surface area contributed by atoms with Gasteiger partial charge in [-0.2, -0.15) is 0 Å². The first-order valence-electron chi connectivity index (χ1n) is 11.7. The van der Waals surface area contributed by atoms with Gasteiger partial charge >= 0.3 is 0 Å². The van der Waals surface area contributed by atoms with E-state index in [0.717, 1.165) is 29.5 Å². The summed E-state index contributed by atoms with van der Waals surface area (Å²) in [4.78, 5) is 31.8. The Morgan fingerprint density at radius 3 is 2.38 bits per heavy atom. The summed E-state index contributed by atoms with van der Waals surface area (Å²) in [5.74, 6) is 0.904. The fourth-order valence-corrected chi connectivity index (χ4v) is 4.42. The number of amides is 2. The standard InChI is InChI=1S/C28H27N3O3/c32-26(29-19-21-7-3-1-4-8-21)17-20-13-15-31(16-14-20)28(33)23-11-12-24-25(18-23)34-27(30-24)22-9-5-2-6-10-22/h1-12,18,20H,13-17,19H2,(H,29,32). The van der Waals surface area contributed by atoms with Gasteiger partial charge in [-0.25, -0.2) is 4.98 Å². The molecular formula is C28H27N3O3. The molecule has 3 aromatic carbocycles. The highest BCUT2D eigenvalue weighted by molar-refractivity contribution is 5.97. The van der Waals surface area contributed by atoms with Crippen molar-refractivity contribution in [1.29, 1.82) is 0 Å². The van der Waals surface area contributed by atoms with Gasteiger partial charge in [0.2, 0.25) is 11.8 Å². The lowest BCUT2D eigenvalue weighted by Crippen LogP contribution is -2.39. The number of carbonyl (C=O) groups excluding carboxylic acids is 2. The molecule has 1 aromatic heterocycles. The van der Waals surface area contributed by atoms with Crippen LogP contribution in [-0.2, 0) is 11.3 Å². The number of aromatic nitrogens is 1. The van der Waals surface area contributed by atoms with Gasteiger partial charge in [-0.1, -0.05) is 48.5 Å². The van der Waals surface area contributed by atoms with Crippen LogP contribution in [0.1, 0.15) is 35.2 Å². The molecule has 172 valence electrons. The molecule has 4 aromatic rings. The lowest BCUT2D eigenvalue weighted by atomic mass is 9.92. The van der Waals surface area contributed by atoms with Crippen molar-refractivity contribution in [3.8, 4) is 11.5 Å². The molecule has 1 saturated heterocycles. The van der Waals surface area contributed by atoms with E-state index in [1.54, 1.807) is 6.07 Å². The minimum atomic E-state index is -0.00783. The molecule has 0 spiro atoms. The van der Waals surface area contributed by atoms with Crippen LogP contribution in [-0.4, -0.2) is 34.8 Å². The van der Waals surface area contributed by atoms with Crippen LogP contribution >= 0.6 is 0 Å². The van der Waals surface area contributed by atoms with Crippen LogP contribution in [0.4, 0.5) is 0 Å². The van der Waals surface area contributed by atoms with Crippen molar-refractivity contribution in [2.24, 2.45) is 5.92 Å². The maximum Gasteiger partial charge on any atom is 0.253 e. The first-order valence-corrected chi connectivity index (χ1v) is 11.7. The van der Waals surface area contributed by atoms with Crippen molar-refractivity contribution in [1.82, 2.24) is 15.2 Å². The molecule has 6 nitrogen and oxygen atoms in total. The number of likely N-dealkylation sites (tertiary alicyclic amines) is 1. The van der Waals surface area contributed by atoms with E-state index in [0.29, 0.717) is 49.0 Å². The van der Waals surface area contributed by atoms with Gasteiger partial charge in [-0.15, -0.1) is 0 Å². The second-order valence-electron chi connectivity index (χ2n) is 8.77. The van der Waals surface area contributed by atoms with Gasteiger partial charge in [0.15, 0.2) is 5.58 Å². The molecular weight excluding hydrogens is 426 g/mol. The van der Waals surface area contributed by atoms with Gasteiger partial charge in [0.05, 0.1) is 0 Å². The summed E-state index contributed by atoms with van der Waals surface area (Å²) in [5.41, 5.74) is 3.94. The van der Waals surface area contributed by atoms with Crippen molar-refractivity contribution in [2.45, 2.75) is 25.8 Å². The molecule has 2 amide bonds. The highest BCUT2D eigenvalue weighted by atomic mass is 16.3. The normalized spacial score (nSPS) is 14.3. The second kappa shape index (κ2) is 9.91. The molecule has 0 radical (unpaired) electrons. The zero-order valence-electron chi connectivity index (χ0n) is 18.9. The summed E-state index contributed by atoms with van der Waals surface area (Å²) in [5, 5.41) is 3.00. The molecule has 0 aliphatic carbocycles. The zero-order chi connectivity index (χ0) is 23.3. The zero-order valence-corrected chi connectivity index (χ0v) is 18.9. The molecule has 1 N–H and O–H groups in total. The SMILES string of the molecule is O=C(CC1CCN(C(=O)c2ccc3nc(-c4ccccc4)oc3c2)CC1)NCc1ccccc1. The van der Waals surface area contributed by atoms with E-state index in [1.807, 2.05) is 77.7 Å². The number of hydrogen-bond acceptors (Lipinski definition) is 4. The number of benzene rings is 3. The van der Waals surface area contributed by atoms with Crippen molar-refractivity contribution >= 4 is 22.9 Å². The lowest BCUT2D eigenvalue weighted by Gasteiger charge is -2.31. The Bertz CT molecular complexity index is 1280. The first-order chi connectivity index (χ1) is 16.7. The van der Waals surface area contributed by atoms with Gasteiger partial charge in [-0.3, -0.25) is 9.59 Å². The summed E-state index contributed by atoms with van der Waals surface area (Å²) >= 11 is 0. The number of nitrogens with zero attached hydrogens (tertiary/aromatic N) is 2. The Hall–Kier alpha value is -3.93. The fraction of sp³-hybridized carbons (Fsp3) is 0.250. The molecule has 34 heavy (non-hydrogen) atoms. The third kappa shape index (κ3) is 5.01. The Kier molecular flexibility index (Phi) is 6.38. The molecule has 6 heteroatoms. The average molecular weight is 454 g/mol. The Morgan fingerprint density at radius 2 is 1.65 bits per heavy atom. The number of fused-ring (bicyclic) bond motifs is 1. The predicted octanol–water partition coefficient (Wildman–Crippen LogP) is 5.05. The van der Waals surface area contributed by atoms with E-state index in [9.17, 15) is 9.59 Å². The van der Waals surface area contributed by atoms with Crippen molar-refractivity contribution in [3.63, 3.8) is 0 Å². The highest BCUT2D eigenvalue weighted by Gasteiger charge is 2.25. The quantitative estimate of drug-likeness (QED) is 0.443. The summed E-state index contributed by atoms with van der Waals surface area (Å²) < 4.78 is 5.92. The molecule has 0 atom stereocenters. The lowest BCUT2D eigenvalue weighted by molar-refractivity contribution is -0.122. The highest BCUT2D eigenvalue weighted by Crippen LogP contribution is 2.26. The van der Waals surface area contributed by atoms with E-state index < -0.39 is 0 Å². The number of carbonyl (C=O) groups is 2. The number of hydrogen-bond donors (Lipinski definition) is 1. The minimum absolute atomic E-state index is 0.00783. The summed E-state index contributed by atoms with van der Waals surface area (Å²) in [6.45, 7) is 1.85. The van der Waals surface area contributed by atoms with E-state index in [-0.39, 0.29) is 11.8 Å². The molecule has 1 fully saturated rings. The van der Waals surface area contributed by atoms with E-state index in [4.69, 9.17) is 4.42 Å². The smallest absolute Gasteiger partial charge is 0.253 e. The van der Waals surface area contributed by atoms with E-state index >= 15 is 0 Å². The topological polar surface area (TPSA) is 75.4 Å². The largest absolute Gasteiger partial charge is 0.436 e. The number of piperidine rings is 1. The van der Waals surface area contributed by atoms with Crippen molar-refractivity contribution in [3.05, 3.63) is 90.0 Å². The summed E-state index contributed by atoms with van der Waals surface area (Å²) in [6.07, 6.45) is 2.15. The van der Waals surface area contributed by atoms with Gasteiger partial charge in [-0.05, 0) is 54.7 Å². The molecule has 0 saturated carbocycles. The Labute approximate surface area is 198 Å². The fourth-order valence-electron chi connectivity index (χ4n) is 4.42. The van der Waals surface area contributed by atoms with Crippen LogP contribution in [0, 0.1) is 5.92 Å². The Balaban J connectivity index is 1.16. The summed E-state index contributed by atoms with van der Waals surface area (Å²) in [6, 6.07) is 25.1. The predicted molar refractivity (Wildman–Crippen MR) is 131 cm³/mol.